The fourth-order valence-electron chi connectivity index (χ4n) is 4.31. The van der Waals surface area contributed by atoms with Crippen LogP contribution in [0.25, 0.3) is 0 Å². The maximum absolute atomic E-state index is 12.8. The Morgan fingerprint density at radius 3 is 2.34 bits per heavy atom. The largest absolute Gasteiger partial charge is 0.444 e. The number of hydrogen-bond donors (Lipinski definition) is 1. The fraction of sp³-hybridized carbons (Fsp3) is 0.481. The minimum absolute atomic E-state index is 0.0502. The number of sulfone groups is 1. The van der Waals surface area contributed by atoms with Crippen LogP contribution in [0.5, 0.6) is 0 Å². The van der Waals surface area contributed by atoms with E-state index in [4.69, 9.17) is 4.74 Å². The van der Waals surface area contributed by atoms with Crippen LogP contribution in [-0.4, -0.2) is 43.2 Å². The topological polar surface area (TPSA) is 92.8 Å². The summed E-state index contributed by atoms with van der Waals surface area (Å²) in [5.41, 5.74) is 2.92. The number of nitrogens with zero attached hydrogens (tertiary/aromatic N) is 1. The average molecular weight is 501 g/mol. The van der Waals surface area contributed by atoms with Crippen molar-refractivity contribution in [2.75, 3.05) is 12.3 Å². The minimum Gasteiger partial charge on any atom is -0.444 e. The quantitative estimate of drug-likeness (QED) is 0.609. The van der Waals surface area contributed by atoms with E-state index >= 15 is 0 Å². The summed E-state index contributed by atoms with van der Waals surface area (Å²) in [6, 6.07) is 12.1. The fourth-order valence-corrected chi connectivity index (χ4v) is 5.19. The summed E-state index contributed by atoms with van der Waals surface area (Å²) in [6.07, 6.45) is 0.327. The second kappa shape index (κ2) is 10.4. The first-order valence-electron chi connectivity index (χ1n) is 12.0. The lowest BCUT2D eigenvalue weighted by atomic mass is 9.85. The van der Waals surface area contributed by atoms with Gasteiger partial charge in [0.1, 0.15) is 5.60 Å². The van der Waals surface area contributed by atoms with E-state index in [2.05, 4.69) is 19.2 Å². The summed E-state index contributed by atoms with van der Waals surface area (Å²) in [5.74, 6) is 0.0312. The van der Waals surface area contributed by atoms with Crippen LogP contribution in [0.1, 0.15) is 74.6 Å². The predicted molar refractivity (Wildman–Crippen MR) is 136 cm³/mol. The van der Waals surface area contributed by atoms with Crippen LogP contribution < -0.4 is 5.32 Å². The van der Waals surface area contributed by atoms with Gasteiger partial charge in [-0.1, -0.05) is 39.0 Å². The molecule has 1 aliphatic rings. The van der Waals surface area contributed by atoms with Crippen molar-refractivity contribution in [1.29, 1.82) is 0 Å². The van der Waals surface area contributed by atoms with Crippen LogP contribution in [0.15, 0.2) is 47.4 Å². The van der Waals surface area contributed by atoms with Gasteiger partial charge in [-0.05, 0) is 74.1 Å². The molecule has 0 unspecified atom stereocenters. The minimum atomic E-state index is -3.25. The van der Waals surface area contributed by atoms with Gasteiger partial charge in [0.15, 0.2) is 9.84 Å². The summed E-state index contributed by atoms with van der Waals surface area (Å²) in [7, 11) is -3.25. The summed E-state index contributed by atoms with van der Waals surface area (Å²) in [5, 5.41) is 2.91. The third kappa shape index (κ3) is 6.42. The highest BCUT2D eigenvalue weighted by atomic mass is 32.2. The lowest BCUT2D eigenvalue weighted by Crippen LogP contribution is -2.44. The van der Waals surface area contributed by atoms with Crippen LogP contribution in [0.3, 0.4) is 0 Å². The number of rotatable bonds is 6. The molecule has 190 valence electrons. The number of hydrogen-bond acceptors (Lipinski definition) is 5. The van der Waals surface area contributed by atoms with Gasteiger partial charge in [0.2, 0.25) is 0 Å². The highest BCUT2D eigenvalue weighted by Gasteiger charge is 2.35. The van der Waals surface area contributed by atoms with Crippen molar-refractivity contribution >= 4 is 21.8 Å². The number of nitrogens with one attached hydrogen (secondary N) is 1. The summed E-state index contributed by atoms with van der Waals surface area (Å²) < 4.78 is 29.6. The van der Waals surface area contributed by atoms with E-state index in [1.165, 1.54) is 0 Å². The van der Waals surface area contributed by atoms with Gasteiger partial charge in [-0.25, -0.2) is 13.2 Å². The first-order valence-corrected chi connectivity index (χ1v) is 13.7. The molecular weight excluding hydrogens is 464 g/mol. The monoisotopic (exact) mass is 500 g/mol. The Balaban J connectivity index is 1.72. The molecule has 3 rings (SSSR count). The second-order valence-electron chi connectivity index (χ2n) is 10.3. The number of fused-ring (bicyclic) bond motifs is 1. The van der Waals surface area contributed by atoms with Gasteiger partial charge < -0.3 is 15.0 Å². The standard InChI is InChI=1S/C27H36N2O5S/c1-7-35(32,33)22-11-8-19(9-12-22)17-28-25(30)21-10-13-23-20(16-21)14-15-29(24(23)18(2)3)26(31)34-27(4,5)6/h8-13,16,18,24H,7,14-15,17H2,1-6H3,(H,28,30)/t24-/m0/s1. The van der Waals surface area contributed by atoms with Crippen LogP contribution >= 0.6 is 0 Å². The predicted octanol–water partition coefficient (Wildman–Crippen LogP) is 4.90. The second-order valence-corrected chi connectivity index (χ2v) is 12.5. The third-order valence-corrected chi connectivity index (χ3v) is 7.81. The Kier molecular flexibility index (Phi) is 7.94. The third-order valence-electron chi connectivity index (χ3n) is 6.06. The van der Waals surface area contributed by atoms with Crippen molar-refractivity contribution in [1.82, 2.24) is 10.2 Å². The Hall–Kier alpha value is -2.87. The first kappa shape index (κ1) is 26.7. The highest BCUT2D eigenvalue weighted by Crippen LogP contribution is 2.36. The molecule has 2 aromatic carbocycles. The van der Waals surface area contributed by atoms with Crippen LogP contribution in [0.2, 0.25) is 0 Å². The van der Waals surface area contributed by atoms with Crippen LogP contribution in [-0.2, 0) is 27.5 Å². The molecule has 0 fully saturated rings. The normalized spacial score (nSPS) is 16.1. The van der Waals surface area contributed by atoms with E-state index in [9.17, 15) is 18.0 Å². The zero-order chi connectivity index (χ0) is 26.0. The molecule has 0 bridgehead atoms. The molecule has 0 aliphatic carbocycles. The van der Waals surface area contributed by atoms with Crippen molar-refractivity contribution in [2.45, 2.75) is 71.0 Å². The van der Waals surface area contributed by atoms with Crippen LogP contribution in [0, 0.1) is 5.92 Å². The van der Waals surface area contributed by atoms with E-state index in [1.54, 1.807) is 42.2 Å². The Morgan fingerprint density at radius 2 is 1.77 bits per heavy atom. The summed E-state index contributed by atoms with van der Waals surface area (Å²) in [4.78, 5) is 27.7. The van der Waals surface area contributed by atoms with Gasteiger partial charge in [0.25, 0.3) is 5.91 Å². The molecule has 1 heterocycles. The van der Waals surface area contributed by atoms with Crippen molar-refractivity contribution < 1.29 is 22.7 Å². The number of carbonyl (C=O) groups excluding carboxylic acids is 2. The average Bonchev–Trinajstić information content (AvgIpc) is 2.80. The zero-order valence-electron chi connectivity index (χ0n) is 21.4. The molecule has 1 atom stereocenters. The molecule has 8 heteroatoms. The number of carbonyl (C=O) groups is 2. The van der Waals surface area contributed by atoms with Gasteiger partial charge in [0.05, 0.1) is 16.7 Å². The summed E-state index contributed by atoms with van der Waals surface area (Å²) >= 11 is 0. The molecule has 0 radical (unpaired) electrons. The Labute approximate surface area is 208 Å². The van der Waals surface area contributed by atoms with E-state index in [-0.39, 0.29) is 34.6 Å². The molecule has 7 nitrogen and oxygen atoms in total. The van der Waals surface area contributed by atoms with Crippen LogP contribution in [0.4, 0.5) is 4.79 Å². The lowest BCUT2D eigenvalue weighted by molar-refractivity contribution is 0.00875. The van der Waals surface area contributed by atoms with Crippen molar-refractivity contribution in [3.05, 3.63) is 64.7 Å². The van der Waals surface area contributed by atoms with Gasteiger partial charge >= 0.3 is 6.09 Å². The number of amides is 2. The molecule has 1 aliphatic heterocycles. The maximum Gasteiger partial charge on any atom is 0.410 e. The van der Waals surface area contributed by atoms with Gasteiger partial charge in [0, 0.05) is 18.7 Å². The molecule has 0 spiro atoms. The number of benzene rings is 2. The smallest absolute Gasteiger partial charge is 0.410 e. The van der Waals surface area contributed by atoms with Crippen molar-refractivity contribution in [2.24, 2.45) is 5.92 Å². The van der Waals surface area contributed by atoms with Crippen molar-refractivity contribution in [3.8, 4) is 0 Å². The Bertz CT molecular complexity index is 1180. The molecule has 1 N–H and O–H groups in total. The number of ether oxygens (including phenoxy) is 1. The molecular formula is C27H36N2O5S. The van der Waals surface area contributed by atoms with Gasteiger partial charge in [-0.15, -0.1) is 0 Å². The SMILES string of the molecule is CCS(=O)(=O)c1ccc(CNC(=O)c2ccc3c(c2)CCN(C(=O)OC(C)(C)C)[C@H]3C(C)C)cc1. The Morgan fingerprint density at radius 1 is 1.11 bits per heavy atom. The summed E-state index contributed by atoms with van der Waals surface area (Å²) in [6.45, 7) is 12.2. The lowest BCUT2D eigenvalue weighted by Gasteiger charge is -2.40. The molecule has 35 heavy (non-hydrogen) atoms. The molecule has 0 aromatic heterocycles. The van der Waals surface area contributed by atoms with E-state index in [1.807, 2.05) is 32.9 Å². The maximum atomic E-state index is 12.8. The van der Waals surface area contributed by atoms with E-state index < -0.39 is 15.4 Å². The molecule has 2 amide bonds. The van der Waals surface area contributed by atoms with Gasteiger partial charge in [-0.3, -0.25) is 4.79 Å². The molecule has 2 aromatic rings. The first-order chi connectivity index (χ1) is 16.3. The van der Waals surface area contributed by atoms with E-state index in [0.717, 1.165) is 16.7 Å². The molecule has 0 saturated carbocycles. The van der Waals surface area contributed by atoms with Gasteiger partial charge in [-0.2, -0.15) is 0 Å². The zero-order valence-corrected chi connectivity index (χ0v) is 22.2. The molecule has 0 saturated heterocycles. The van der Waals surface area contributed by atoms with E-state index in [0.29, 0.717) is 25.1 Å². The highest BCUT2D eigenvalue weighted by molar-refractivity contribution is 7.91. The van der Waals surface area contributed by atoms with Crippen molar-refractivity contribution in [3.63, 3.8) is 0 Å².